The molecule has 0 aromatic carbocycles. The third kappa shape index (κ3) is 1.44. The van der Waals surface area contributed by atoms with Gasteiger partial charge in [-0.25, -0.2) is 0 Å². The molecule has 0 aromatic heterocycles. The van der Waals surface area contributed by atoms with Crippen LogP contribution in [0.15, 0.2) is 36.5 Å². The summed E-state index contributed by atoms with van der Waals surface area (Å²) in [4.78, 5) is 24.6. The summed E-state index contributed by atoms with van der Waals surface area (Å²) in [5.41, 5.74) is -0.452. The molecular formula is C12H13NO2. The summed E-state index contributed by atoms with van der Waals surface area (Å²) in [6.07, 6.45) is 11.9. The quantitative estimate of drug-likeness (QED) is 0.639. The van der Waals surface area contributed by atoms with Gasteiger partial charge in [0.1, 0.15) is 0 Å². The molecule has 2 amide bonds. The Morgan fingerprint density at radius 3 is 2.40 bits per heavy atom. The van der Waals surface area contributed by atoms with E-state index in [4.69, 9.17) is 0 Å². The molecule has 1 aliphatic carbocycles. The van der Waals surface area contributed by atoms with Gasteiger partial charge in [-0.3, -0.25) is 14.5 Å². The summed E-state index contributed by atoms with van der Waals surface area (Å²) in [5.74, 6) is -0.413. The highest BCUT2D eigenvalue weighted by Crippen LogP contribution is 2.31. The molecule has 0 bridgehead atoms. The van der Waals surface area contributed by atoms with E-state index in [1.54, 1.807) is 0 Å². The van der Waals surface area contributed by atoms with Crippen LogP contribution in [0.3, 0.4) is 0 Å². The molecule has 3 nitrogen and oxygen atoms in total. The molecular weight excluding hydrogens is 190 g/mol. The first-order chi connectivity index (χ1) is 7.19. The van der Waals surface area contributed by atoms with Gasteiger partial charge < -0.3 is 0 Å². The van der Waals surface area contributed by atoms with Gasteiger partial charge in [-0.1, -0.05) is 31.2 Å². The number of hydrogen-bond donors (Lipinski definition) is 0. The van der Waals surface area contributed by atoms with E-state index in [-0.39, 0.29) is 11.8 Å². The van der Waals surface area contributed by atoms with Gasteiger partial charge in [0, 0.05) is 12.2 Å². The number of allylic oxidation sites excluding steroid dienone is 2. The van der Waals surface area contributed by atoms with Crippen molar-refractivity contribution in [1.29, 1.82) is 0 Å². The predicted molar refractivity (Wildman–Crippen MR) is 56.9 cm³/mol. The minimum absolute atomic E-state index is 0.207. The minimum Gasteiger partial charge on any atom is -0.269 e. The van der Waals surface area contributed by atoms with Crippen molar-refractivity contribution in [3.8, 4) is 0 Å². The summed E-state index contributed by atoms with van der Waals surface area (Å²) in [7, 11) is 0. The van der Waals surface area contributed by atoms with Crippen LogP contribution in [0.2, 0.25) is 0 Å². The second-order valence-electron chi connectivity index (χ2n) is 3.79. The van der Waals surface area contributed by atoms with E-state index in [2.05, 4.69) is 0 Å². The fraction of sp³-hybridized carbons (Fsp3) is 0.333. The molecule has 0 saturated heterocycles. The average molecular weight is 203 g/mol. The fourth-order valence-electron chi connectivity index (χ4n) is 2.08. The molecule has 0 unspecified atom stereocenters. The first kappa shape index (κ1) is 9.90. The van der Waals surface area contributed by atoms with Crippen molar-refractivity contribution in [1.82, 2.24) is 4.90 Å². The van der Waals surface area contributed by atoms with Crippen LogP contribution in [-0.2, 0) is 9.59 Å². The second kappa shape index (κ2) is 3.50. The number of hydrogen-bond acceptors (Lipinski definition) is 2. The van der Waals surface area contributed by atoms with Crippen LogP contribution in [0.4, 0.5) is 0 Å². The van der Waals surface area contributed by atoms with Crippen LogP contribution < -0.4 is 0 Å². The lowest BCUT2D eigenvalue weighted by atomic mass is 9.86. The van der Waals surface area contributed by atoms with Crippen molar-refractivity contribution in [2.24, 2.45) is 0 Å². The zero-order valence-corrected chi connectivity index (χ0v) is 8.64. The van der Waals surface area contributed by atoms with Crippen molar-refractivity contribution in [3.63, 3.8) is 0 Å². The zero-order valence-electron chi connectivity index (χ0n) is 8.64. The topological polar surface area (TPSA) is 37.4 Å². The molecule has 78 valence electrons. The lowest BCUT2D eigenvalue weighted by Gasteiger charge is -2.37. The normalized spacial score (nSPS) is 29.3. The van der Waals surface area contributed by atoms with Crippen LogP contribution >= 0.6 is 0 Å². The first-order valence-electron chi connectivity index (χ1n) is 5.10. The van der Waals surface area contributed by atoms with E-state index in [1.165, 1.54) is 17.1 Å². The molecule has 0 aromatic rings. The monoisotopic (exact) mass is 203 g/mol. The van der Waals surface area contributed by atoms with Crippen molar-refractivity contribution in [2.75, 3.05) is 0 Å². The predicted octanol–water partition coefficient (Wildman–Crippen LogP) is 1.58. The molecule has 1 aliphatic heterocycles. The fourth-order valence-corrected chi connectivity index (χ4v) is 2.08. The Morgan fingerprint density at radius 1 is 1.27 bits per heavy atom. The Kier molecular flexibility index (Phi) is 2.31. The van der Waals surface area contributed by atoms with Crippen LogP contribution in [0, 0.1) is 0 Å². The molecule has 2 rings (SSSR count). The van der Waals surface area contributed by atoms with E-state index in [0.717, 1.165) is 6.42 Å². The van der Waals surface area contributed by atoms with Gasteiger partial charge in [0.15, 0.2) is 0 Å². The van der Waals surface area contributed by atoms with Crippen LogP contribution in [0.1, 0.15) is 19.8 Å². The Balaban J connectivity index is 2.35. The molecule has 15 heavy (non-hydrogen) atoms. The van der Waals surface area contributed by atoms with Crippen molar-refractivity contribution < 1.29 is 9.59 Å². The lowest BCUT2D eigenvalue weighted by Crippen LogP contribution is -2.50. The van der Waals surface area contributed by atoms with E-state index in [0.29, 0.717) is 6.42 Å². The summed E-state index contributed by atoms with van der Waals surface area (Å²) in [6.45, 7) is 1.99. The standard InChI is InChI=1S/C12H13NO2/c1-2-12(8-4-3-5-9-12)13-10(14)6-7-11(13)15/h3-8H,2,9H2,1H3/t12-/m0/s1. The maximum absolute atomic E-state index is 11.6. The molecule has 2 aliphatic rings. The van der Waals surface area contributed by atoms with E-state index in [1.807, 2.05) is 31.2 Å². The first-order valence-corrected chi connectivity index (χ1v) is 5.10. The number of imide groups is 1. The maximum atomic E-state index is 11.6. The van der Waals surface area contributed by atoms with E-state index in [9.17, 15) is 9.59 Å². The number of amides is 2. The molecule has 0 spiro atoms. The summed E-state index contributed by atoms with van der Waals surface area (Å²) in [6, 6.07) is 0. The molecule has 0 fully saturated rings. The highest BCUT2D eigenvalue weighted by molar-refractivity contribution is 6.13. The van der Waals surface area contributed by atoms with Crippen molar-refractivity contribution >= 4 is 11.8 Å². The third-order valence-corrected chi connectivity index (χ3v) is 2.99. The largest absolute Gasteiger partial charge is 0.269 e. The second-order valence-corrected chi connectivity index (χ2v) is 3.79. The lowest BCUT2D eigenvalue weighted by molar-refractivity contribution is -0.142. The maximum Gasteiger partial charge on any atom is 0.254 e. The van der Waals surface area contributed by atoms with Gasteiger partial charge in [0.25, 0.3) is 11.8 Å². The number of carbonyl (C=O) groups is 2. The smallest absolute Gasteiger partial charge is 0.254 e. The molecule has 1 atom stereocenters. The van der Waals surface area contributed by atoms with Gasteiger partial charge in [0.05, 0.1) is 5.54 Å². The Morgan fingerprint density at radius 2 is 1.93 bits per heavy atom. The molecule has 0 saturated carbocycles. The minimum atomic E-state index is -0.452. The van der Waals surface area contributed by atoms with Crippen LogP contribution in [-0.4, -0.2) is 22.3 Å². The number of nitrogens with zero attached hydrogens (tertiary/aromatic N) is 1. The Bertz CT molecular complexity index is 374. The zero-order chi connectivity index (χ0) is 10.9. The molecule has 0 radical (unpaired) electrons. The van der Waals surface area contributed by atoms with Crippen LogP contribution in [0.25, 0.3) is 0 Å². The van der Waals surface area contributed by atoms with Crippen LogP contribution in [0.5, 0.6) is 0 Å². The average Bonchev–Trinajstić information content (AvgIpc) is 2.60. The Hall–Kier alpha value is -1.64. The van der Waals surface area contributed by atoms with Gasteiger partial charge >= 0.3 is 0 Å². The van der Waals surface area contributed by atoms with Gasteiger partial charge in [0.2, 0.25) is 0 Å². The van der Waals surface area contributed by atoms with Gasteiger partial charge in [-0.2, -0.15) is 0 Å². The van der Waals surface area contributed by atoms with E-state index >= 15 is 0 Å². The van der Waals surface area contributed by atoms with Gasteiger partial charge in [-0.05, 0) is 12.8 Å². The van der Waals surface area contributed by atoms with E-state index < -0.39 is 5.54 Å². The SMILES string of the molecule is CC[C@]1(N2C(=O)C=CC2=O)C=CC=CC1. The molecule has 3 heteroatoms. The van der Waals surface area contributed by atoms with Gasteiger partial charge in [-0.15, -0.1) is 0 Å². The molecule has 0 N–H and O–H groups in total. The van der Waals surface area contributed by atoms with Crippen molar-refractivity contribution in [2.45, 2.75) is 25.3 Å². The molecule has 1 heterocycles. The third-order valence-electron chi connectivity index (χ3n) is 2.99. The summed E-state index contributed by atoms with van der Waals surface area (Å²) in [5, 5.41) is 0. The number of rotatable bonds is 2. The number of carbonyl (C=O) groups excluding carboxylic acids is 2. The summed E-state index contributed by atoms with van der Waals surface area (Å²) >= 11 is 0. The van der Waals surface area contributed by atoms with Crippen molar-refractivity contribution in [3.05, 3.63) is 36.5 Å². The Labute approximate surface area is 88.8 Å². The summed E-state index contributed by atoms with van der Waals surface area (Å²) < 4.78 is 0. The highest BCUT2D eigenvalue weighted by atomic mass is 16.2. The highest BCUT2D eigenvalue weighted by Gasteiger charge is 2.40.